The summed E-state index contributed by atoms with van der Waals surface area (Å²) in [7, 11) is 4.80. The highest BCUT2D eigenvalue weighted by Crippen LogP contribution is 2.40. The van der Waals surface area contributed by atoms with E-state index in [0.29, 0.717) is 23.2 Å². The van der Waals surface area contributed by atoms with Gasteiger partial charge in [0.25, 0.3) is 0 Å². The number of methoxy groups -OCH3 is 3. The van der Waals surface area contributed by atoms with Crippen molar-refractivity contribution in [3.05, 3.63) is 48.1 Å². The normalized spacial score (nSPS) is 16.7. The zero-order chi connectivity index (χ0) is 23.7. The van der Waals surface area contributed by atoms with Crippen LogP contribution in [-0.4, -0.2) is 51.8 Å². The van der Waals surface area contributed by atoms with Gasteiger partial charge in [0.1, 0.15) is 0 Å². The van der Waals surface area contributed by atoms with Crippen LogP contribution < -0.4 is 19.9 Å². The number of carbonyl (C=O) groups is 1. The van der Waals surface area contributed by atoms with Gasteiger partial charge in [0, 0.05) is 12.5 Å². The van der Waals surface area contributed by atoms with Crippen LogP contribution in [-0.2, 0) is 4.79 Å². The summed E-state index contributed by atoms with van der Waals surface area (Å²) in [4.78, 5) is 13.9. The number of ether oxygens (including phenoxy) is 3. The summed E-state index contributed by atoms with van der Waals surface area (Å²) in [5.41, 5.74) is 8.42. The molecule has 2 rings (SSSR count). The molecular weight excluding hydrogens is 404 g/mol. The van der Waals surface area contributed by atoms with Crippen molar-refractivity contribution in [2.75, 3.05) is 41.0 Å². The van der Waals surface area contributed by atoms with Crippen molar-refractivity contribution in [1.82, 2.24) is 4.90 Å². The molecule has 0 aromatic heterocycles. The molecule has 176 valence electrons. The first kappa shape index (κ1) is 25.5. The molecule has 1 amide bonds. The average Bonchev–Trinajstić information content (AvgIpc) is 2.81. The second-order valence-electron chi connectivity index (χ2n) is 8.36. The molecule has 1 heterocycles. The number of nitrogens with zero attached hydrogens (tertiary/aromatic N) is 1. The number of primary amides is 1. The second kappa shape index (κ2) is 12.3. The molecule has 1 atom stereocenters. The summed E-state index contributed by atoms with van der Waals surface area (Å²) in [6.45, 7) is 11.2. The zero-order valence-corrected chi connectivity index (χ0v) is 20.1. The Bertz CT molecular complexity index is 826. The number of rotatable bonds is 11. The van der Waals surface area contributed by atoms with Crippen LogP contribution in [0.4, 0.5) is 0 Å². The van der Waals surface area contributed by atoms with E-state index < -0.39 is 0 Å². The maximum atomic E-state index is 11.5. The summed E-state index contributed by atoms with van der Waals surface area (Å²) in [6.07, 6.45) is 9.25. The van der Waals surface area contributed by atoms with Gasteiger partial charge in [0.2, 0.25) is 11.7 Å². The van der Waals surface area contributed by atoms with Crippen molar-refractivity contribution in [3.8, 4) is 17.2 Å². The highest BCUT2D eigenvalue weighted by Gasteiger charge is 2.23. The van der Waals surface area contributed by atoms with Gasteiger partial charge < -0.3 is 19.9 Å². The molecule has 0 radical (unpaired) electrons. The molecule has 0 bridgehead atoms. The molecule has 0 spiro atoms. The Morgan fingerprint density at radius 2 is 1.78 bits per heavy atom. The van der Waals surface area contributed by atoms with Crippen molar-refractivity contribution in [1.29, 1.82) is 0 Å². The van der Waals surface area contributed by atoms with Gasteiger partial charge in [-0.1, -0.05) is 45.1 Å². The molecule has 6 nitrogen and oxygen atoms in total. The number of hydrogen-bond acceptors (Lipinski definition) is 5. The minimum atomic E-state index is -0.187. The highest BCUT2D eigenvalue weighted by molar-refractivity contribution is 5.77. The first-order chi connectivity index (χ1) is 15.3. The van der Waals surface area contributed by atoms with Gasteiger partial charge in [0.15, 0.2) is 11.5 Å². The first-order valence-electron chi connectivity index (χ1n) is 11.2. The summed E-state index contributed by atoms with van der Waals surface area (Å²) >= 11 is 0. The smallest absolute Gasteiger partial charge is 0.220 e. The fourth-order valence-electron chi connectivity index (χ4n) is 3.78. The van der Waals surface area contributed by atoms with Crippen molar-refractivity contribution in [2.45, 2.75) is 33.1 Å². The Balaban J connectivity index is 2.28. The van der Waals surface area contributed by atoms with Crippen LogP contribution in [0.2, 0.25) is 0 Å². The Hall–Kier alpha value is -2.73. The fraction of sp³-hybridized carbons (Fsp3) is 0.500. The van der Waals surface area contributed by atoms with E-state index in [0.717, 1.165) is 50.0 Å². The number of likely N-dealkylation sites (tertiary alicyclic amines) is 1. The number of piperidine rings is 1. The van der Waals surface area contributed by atoms with Crippen molar-refractivity contribution < 1.29 is 19.0 Å². The second-order valence-corrected chi connectivity index (χ2v) is 8.36. The Morgan fingerprint density at radius 3 is 2.25 bits per heavy atom. The lowest BCUT2D eigenvalue weighted by atomic mass is 9.95. The molecule has 2 N–H and O–H groups in total. The summed E-state index contributed by atoms with van der Waals surface area (Å²) in [5.74, 6) is 2.05. The van der Waals surface area contributed by atoms with Gasteiger partial charge in [-0.3, -0.25) is 9.69 Å². The van der Waals surface area contributed by atoms with E-state index in [1.807, 2.05) is 12.1 Å². The van der Waals surface area contributed by atoms with Crippen LogP contribution in [0.15, 0.2) is 42.5 Å². The van der Waals surface area contributed by atoms with E-state index in [9.17, 15) is 4.79 Å². The molecule has 1 aromatic rings. The van der Waals surface area contributed by atoms with E-state index in [-0.39, 0.29) is 11.8 Å². The van der Waals surface area contributed by atoms with Gasteiger partial charge in [-0.15, -0.1) is 0 Å². The van der Waals surface area contributed by atoms with E-state index in [2.05, 4.69) is 43.6 Å². The maximum Gasteiger partial charge on any atom is 0.220 e. The molecule has 1 aliphatic rings. The van der Waals surface area contributed by atoms with Gasteiger partial charge in [-0.2, -0.15) is 0 Å². The van der Waals surface area contributed by atoms with Gasteiger partial charge in [0.05, 0.1) is 21.3 Å². The highest BCUT2D eigenvalue weighted by atomic mass is 16.5. The largest absolute Gasteiger partial charge is 0.493 e. The van der Waals surface area contributed by atoms with Crippen LogP contribution in [0.3, 0.4) is 0 Å². The molecule has 1 saturated heterocycles. The quantitative estimate of drug-likeness (QED) is 0.513. The minimum absolute atomic E-state index is 0.0106. The van der Waals surface area contributed by atoms with E-state index in [1.165, 1.54) is 5.57 Å². The third kappa shape index (κ3) is 6.89. The molecule has 6 heteroatoms. The number of amides is 1. The number of allylic oxidation sites excluding steroid dienone is 3. The summed E-state index contributed by atoms with van der Waals surface area (Å²) < 4.78 is 16.4. The molecule has 1 fully saturated rings. The van der Waals surface area contributed by atoms with Crippen molar-refractivity contribution in [3.63, 3.8) is 0 Å². The molecule has 1 aromatic carbocycles. The summed E-state index contributed by atoms with van der Waals surface area (Å²) in [6, 6.07) is 3.82. The fourth-order valence-corrected chi connectivity index (χ4v) is 3.78. The van der Waals surface area contributed by atoms with Gasteiger partial charge in [-0.05, 0) is 60.7 Å². The van der Waals surface area contributed by atoms with E-state index in [4.69, 9.17) is 19.9 Å². The number of nitrogens with two attached hydrogens (primary N) is 1. The van der Waals surface area contributed by atoms with Crippen LogP contribution in [0, 0.1) is 11.8 Å². The lowest BCUT2D eigenvalue weighted by Gasteiger charge is -2.30. The maximum absolute atomic E-state index is 11.5. The topological polar surface area (TPSA) is 74.0 Å². The standard InChI is InChI=1S/C26H38N2O4/c1-7-18(2)8-9-20(17-28-12-10-21(11-13-28)26(27)29)14-19(3)22-15-23(30-4)25(32-6)24(16-22)31-5/h8-9,14-16,18,21H,3,7,10-13,17H2,1-2,4-6H3,(H2,27,29)/b9-8?,20-14+. The molecule has 1 aliphatic heterocycles. The van der Waals surface area contributed by atoms with Crippen molar-refractivity contribution >= 4 is 11.5 Å². The van der Waals surface area contributed by atoms with Crippen LogP contribution in [0.5, 0.6) is 17.2 Å². The third-order valence-corrected chi connectivity index (χ3v) is 6.07. The van der Waals surface area contributed by atoms with E-state index >= 15 is 0 Å². The Morgan fingerprint density at radius 1 is 1.19 bits per heavy atom. The van der Waals surface area contributed by atoms with Crippen molar-refractivity contribution in [2.24, 2.45) is 17.6 Å². The Labute approximate surface area is 192 Å². The average molecular weight is 443 g/mol. The van der Waals surface area contributed by atoms with Gasteiger partial charge in [-0.25, -0.2) is 0 Å². The lowest BCUT2D eigenvalue weighted by Crippen LogP contribution is -2.39. The molecular formula is C26H38N2O4. The molecule has 0 saturated carbocycles. The lowest BCUT2D eigenvalue weighted by molar-refractivity contribution is -0.123. The van der Waals surface area contributed by atoms with Crippen LogP contribution in [0.1, 0.15) is 38.7 Å². The Kier molecular flexibility index (Phi) is 9.85. The SMILES string of the molecule is C=C(/C=C(\C=CC(C)CC)CN1CCC(C(N)=O)CC1)c1cc(OC)c(OC)c(OC)c1. The molecule has 32 heavy (non-hydrogen) atoms. The predicted octanol–water partition coefficient (Wildman–Crippen LogP) is 4.45. The zero-order valence-electron chi connectivity index (χ0n) is 20.1. The van der Waals surface area contributed by atoms with Gasteiger partial charge >= 0.3 is 0 Å². The number of benzene rings is 1. The molecule has 0 aliphatic carbocycles. The van der Waals surface area contributed by atoms with E-state index in [1.54, 1.807) is 21.3 Å². The number of hydrogen-bond donors (Lipinski definition) is 1. The number of carbonyl (C=O) groups excluding carboxylic acids is 1. The third-order valence-electron chi connectivity index (χ3n) is 6.07. The molecule has 1 unspecified atom stereocenters. The summed E-state index contributed by atoms with van der Waals surface area (Å²) in [5, 5.41) is 0. The monoisotopic (exact) mass is 442 g/mol. The van der Waals surface area contributed by atoms with Crippen LogP contribution in [0.25, 0.3) is 5.57 Å². The van der Waals surface area contributed by atoms with Crippen LogP contribution >= 0.6 is 0 Å². The minimum Gasteiger partial charge on any atom is -0.493 e. The predicted molar refractivity (Wildman–Crippen MR) is 130 cm³/mol. The first-order valence-corrected chi connectivity index (χ1v) is 11.2.